The predicted octanol–water partition coefficient (Wildman–Crippen LogP) is 6.50. The largest absolute Gasteiger partial charge is 0.586 e. The minimum atomic E-state index is -3.76. The number of aromatic nitrogens is 3. The van der Waals surface area contributed by atoms with E-state index in [4.69, 9.17) is 25.8 Å². The summed E-state index contributed by atoms with van der Waals surface area (Å²) in [4.78, 5) is 25.8. The highest BCUT2D eigenvalue weighted by Gasteiger charge is 2.43. The lowest BCUT2D eigenvalue weighted by Crippen LogP contribution is -2.37. The molecule has 0 N–H and O–H groups in total. The quantitative estimate of drug-likeness (QED) is 0.275. The van der Waals surface area contributed by atoms with Gasteiger partial charge in [-0.3, -0.25) is 4.79 Å². The summed E-state index contributed by atoms with van der Waals surface area (Å²) in [5.74, 6) is -0.802. The van der Waals surface area contributed by atoms with Crippen molar-refractivity contribution < 1.29 is 42.1 Å². The van der Waals surface area contributed by atoms with Crippen molar-refractivity contribution in [3.8, 4) is 40.0 Å². The van der Waals surface area contributed by atoms with E-state index < -0.39 is 35.7 Å². The summed E-state index contributed by atoms with van der Waals surface area (Å²) in [7, 11) is 0. The molecule has 1 unspecified atom stereocenters. The van der Waals surface area contributed by atoms with Gasteiger partial charge in [-0.15, -0.1) is 23.8 Å². The number of hydrogen-bond acceptors (Lipinski definition) is 10. The van der Waals surface area contributed by atoms with Crippen molar-refractivity contribution >= 4 is 23.7 Å². The average molecular weight is 605 g/mol. The third-order valence-electron chi connectivity index (χ3n) is 5.74. The van der Waals surface area contributed by atoms with Crippen LogP contribution in [-0.4, -0.2) is 45.6 Å². The van der Waals surface area contributed by atoms with E-state index in [2.05, 4.69) is 19.7 Å². The Kier molecular flexibility index (Phi) is 8.06. The lowest BCUT2D eigenvalue weighted by atomic mass is 9.95. The van der Waals surface area contributed by atoms with Gasteiger partial charge in [0.1, 0.15) is 24.0 Å². The molecule has 14 heteroatoms. The smallest absolute Gasteiger partial charge is 0.459 e. The molecule has 3 aromatic rings. The second-order valence-corrected chi connectivity index (χ2v) is 11.5. The minimum Gasteiger partial charge on any atom is -0.459 e. The van der Waals surface area contributed by atoms with Crippen LogP contribution in [0.5, 0.6) is 11.5 Å². The Morgan fingerprint density at radius 2 is 1.71 bits per heavy atom. The van der Waals surface area contributed by atoms with E-state index in [0.29, 0.717) is 16.7 Å². The fraction of sp³-hybridized carbons (Fsp3) is 0.393. The van der Waals surface area contributed by atoms with Gasteiger partial charge in [-0.1, -0.05) is 17.7 Å². The Morgan fingerprint density at radius 3 is 2.38 bits per heavy atom. The zero-order chi connectivity index (χ0) is 31.0. The summed E-state index contributed by atoms with van der Waals surface area (Å²) in [5, 5.41) is 18.4. The number of nitriles is 1. The number of halogens is 3. The van der Waals surface area contributed by atoms with E-state index in [1.54, 1.807) is 58.9 Å². The third kappa shape index (κ3) is 7.06. The maximum atomic E-state index is 13.5. The lowest BCUT2D eigenvalue weighted by molar-refractivity contribution is -0.286. The van der Waals surface area contributed by atoms with Crippen LogP contribution in [0.3, 0.4) is 0 Å². The average Bonchev–Trinajstić information content (AvgIpc) is 3.45. The Labute approximate surface area is 244 Å². The van der Waals surface area contributed by atoms with Gasteiger partial charge in [0, 0.05) is 10.6 Å². The van der Waals surface area contributed by atoms with Crippen LogP contribution in [-0.2, 0) is 19.0 Å². The van der Waals surface area contributed by atoms with Gasteiger partial charge in [-0.2, -0.15) is 5.26 Å². The number of nitrogens with zero attached hydrogens (tertiary/aromatic N) is 4. The highest BCUT2D eigenvalue weighted by atomic mass is 35.5. The molecule has 1 aliphatic rings. The summed E-state index contributed by atoms with van der Waals surface area (Å²) < 4.78 is 51.6. The highest BCUT2D eigenvalue weighted by molar-refractivity contribution is 6.31. The van der Waals surface area contributed by atoms with Crippen molar-refractivity contribution in [3.63, 3.8) is 0 Å². The maximum Gasteiger partial charge on any atom is 0.586 e. The molecular weight excluding hydrogens is 578 g/mol. The second kappa shape index (κ2) is 11.1. The Balaban J connectivity index is 1.50. The fourth-order valence-electron chi connectivity index (χ4n) is 3.71. The first-order valence-corrected chi connectivity index (χ1v) is 13.0. The van der Waals surface area contributed by atoms with Gasteiger partial charge in [-0.05, 0) is 83.0 Å². The molecule has 0 saturated heterocycles. The molecule has 0 amide bonds. The van der Waals surface area contributed by atoms with E-state index >= 15 is 0 Å². The summed E-state index contributed by atoms with van der Waals surface area (Å²) in [6.45, 7) is 9.46. The molecule has 0 saturated carbocycles. The standard InChI is InChI=1S/C28H27ClF2N4O7/c1-15(39-25(37)38-14-27(5,6)24(36)42-26(2,3)4)35-33-20(13-32)23(34-35)18-9-17(10-19(29)11-18)16-7-8-21-22(12-16)41-28(30,31)40-21/h7-12,15H,14H2,1-6H3. The molecule has 0 radical (unpaired) electrons. The topological polar surface area (TPSA) is 135 Å². The molecule has 1 aromatic heterocycles. The number of carbonyl (C=O) groups excluding carboxylic acids is 2. The number of benzene rings is 2. The molecule has 1 atom stereocenters. The van der Waals surface area contributed by atoms with Crippen molar-refractivity contribution in [2.45, 2.75) is 59.7 Å². The van der Waals surface area contributed by atoms with Gasteiger partial charge in [-0.25, -0.2) is 4.79 Å². The molecule has 0 fully saturated rings. The van der Waals surface area contributed by atoms with Gasteiger partial charge in [0.05, 0.1) is 5.41 Å². The molecule has 2 heterocycles. The molecule has 0 aliphatic carbocycles. The Morgan fingerprint density at radius 1 is 1.05 bits per heavy atom. The number of ether oxygens (including phenoxy) is 5. The molecule has 1 aliphatic heterocycles. The second-order valence-electron chi connectivity index (χ2n) is 11.0. The van der Waals surface area contributed by atoms with Crippen LogP contribution in [0, 0.1) is 16.7 Å². The van der Waals surface area contributed by atoms with E-state index in [1.165, 1.54) is 19.1 Å². The van der Waals surface area contributed by atoms with Crippen LogP contribution in [0.4, 0.5) is 13.6 Å². The lowest BCUT2D eigenvalue weighted by Gasteiger charge is -2.28. The number of esters is 1. The first-order chi connectivity index (χ1) is 19.5. The van der Waals surface area contributed by atoms with Crippen molar-refractivity contribution in [1.29, 1.82) is 5.26 Å². The number of hydrogen-bond donors (Lipinski definition) is 0. The molecule has 2 aromatic carbocycles. The van der Waals surface area contributed by atoms with Gasteiger partial charge in [0.2, 0.25) is 6.23 Å². The van der Waals surface area contributed by atoms with Crippen LogP contribution < -0.4 is 9.47 Å². The number of fused-ring (bicyclic) bond motifs is 1. The van der Waals surface area contributed by atoms with Crippen molar-refractivity contribution in [2.75, 3.05) is 6.61 Å². The molecule has 42 heavy (non-hydrogen) atoms. The van der Waals surface area contributed by atoms with Crippen LogP contribution in [0.1, 0.15) is 53.5 Å². The molecule has 0 spiro atoms. The van der Waals surface area contributed by atoms with E-state index in [1.807, 2.05) is 6.07 Å². The summed E-state index contributed by atoms with van der Waals surface area (Å²) in [5.41, 5.74) is -0.429. The summed E-state index contributed by atoms with van der Waals surface area (Å²) >= 11 is 6.34. The summed E-state index contributed by atoms with van der Waals surface area (Å²) in [6.07, 6.45) is -5.95. The van der Waals surface area contributed by atoms with E-state index in [-0.39, 0.29) is 34.5 Å². The molecule has 0 bridgehead atoms. The Bertz CT molecular complexity index is 1580. The van der Waals surface area contributed by atoms with Crippen LogP contribution in [0.25, 0.3) is 22.4 Å². The van der Waals surface area contributed by atoms with Crippen molar-refractivity contribution in [2.24, 2.45) is 5.41 Å². The van der Waals surface area contributed by atoms with Crippen LogP contribution >= 0.6 is 11.6 Å². The van der Waals surface area contributed by atoms with Crippen molar-refractivity contribution in [1.82, 2.24) is 15.0 Å². The molecule has 222 valence electrons. The SMILES string of the molecule is CC(OC(=O)OCC(C)(C)C(=O)OC(C)(C)C)n1nc(C#N)c(-c2cc(Cl)cc(-c3ccc4c(c3)OC(F)(F)O4)c2)n1. The normalized spacial score (nSPS) is 14.6. The van der Waals surface area contributed by atoms with Crippen LogP contribution in [0.15, 0.2) is 36.4 Å². The maximum absolute atomic E-state index is 13.5. The fourth-order valence-corrected chi connectivity index (χ4v) is 3.95. The van der Waals surface area contributed by atoms with Crippen LogP contribution in [0.2, 0.25) is 5.02 Å². The first kappa shape index (κ1) is 30.5. The van der Waals surface area contributed by atoms with E-state index in [0.717, 1.165) is 4.80 Å². The first-order valence-electron chi connectivity index (χ1n) is 12.6. The predicted molar refractivity (Wildman–Crippen MR) is 144 cm³/mol. The molecule has 11 nitrogen and oxygen atoms in total. The van der Waals surface area contributed by atoms with Gasteiger partial charge in [0.25, 0.3) is 0 Å². The van der Waals surface area contributed by atoms with Gasteiger partial charge in [0.15, 0.2) is 17.2 Å². The highest BCUT2D eigenvalue weighted by Crippen LogP contribution is 2.43. The number of rotatable bonds is 7. The van der Waals surface area contributed by atoms with Gasteiger partial charge < -0.3 is 23.7 Å². The number of alkyl halides is 2. The van der Waals surface area contributed by atoms with Gasteiger partial charge >= 0.3 is 18.4 Å². The zero-order valence-corrected chi connectivity index (χ0v) is 24.3. The summed E-state index contributed by atoms with van der Waals surface area (Å²) in [6, 6.07) is 11.0. The minimum absolute atomic E-state index is 0.0941. The Hall–Kier alpha value is -4.44. The van der Waals surface area contributed by atoms with E-state index in [9.17, 15) is 23.6 Å². The monoisotopic (exact) mass is 604 g/mol. The number of carbonyl (C=O) groups is 2. The molecule has 4 rings (SSSR count). The molecular formula is C28H27ClF2N4O7. The van der Waals surface area contributed by atoms with Crippen molar-refractivity contribution in [3.05, 3.63) is 47.1 Å². The third-order valence-corrected chi connectivity index (χ3v) is 5.95. The zero-order valence-electron chi connectivity index (χ0n) is 23.5.